The molecule has 1 N–H and O–H groups in total. The predicted molar refractivity (Wildman–Crippen MR) is 94.1 cm³/mol. The molecule has 0 aliphatic rings. The molecule has 5 nitrogen and oxygen atoms in total. The first-order valence-electron chi connectivity index (χ1n) is 7.62. The number of carbonyl (C=O) groups excluding carboxylic acids is 1. The maximum absolute atomic E-state index is 12.2. The summed E-state index contributed by atoms with van der Waals surface area (Å²) < 4.78 is 5.50. The fourth-order valence-electron chi connectivity index (χ4n) is 2.17. The number of thiazole rings is 1. The van der Waals surface area contributed by atoms with Crippen LogP contribution in [0.4, 0.5) is 0 Å². The van der Waals surface area contributed by atoms with Crippen molar-refractivity contribution < 1.29 is 9.53 Å². The molecule has 0 fully saturated rings. The molecule has 0 radical (unpaired) electrons. The molecular formula is C18H17N3O2S. The highest BCUT2D eigenvalue weighted by atomic mass is 32.1. The zero-order chi connectivity index (χ0) is 16.8. The van der Waals surface area contributed by atoms with Gasteiger partial charge >= 0.3 is 0 Å². The van der Waals surface area contributed by atoms with Crippen LogP contribution in [0.1, 0.15) is 23.0 Å². The smallest absolute Gasteiger partial charge is 0.271 e. The zero-order valence-corrected chi connectivity index (χ0v) is 14.0. The summed E-state index contributed by atoms with van der Waals surface area (Å²) in [6.07, 6.45) is 3.43. The first-order chi connectivity index (χ1) is 11.8. The molecule has 122 valence electrons. The van der Waals surface area contributed by atoms with E-state index in [-0.39, 0.29) is 5.91 Å². The summed E-state index contributed by atoms with van der Waals surface area (Å²) in [6.45, 7) is 2.99. The summed E-state index contributed by atoms with van der Waals surface area (Å²) in [6, 6.07) is 11.5. The van der Waals surface area contributed by atoms with Crippen LogP contribution < -0.4 is 10.1 Å². The van der Waals surface area contributed by atoms with Gasteiger partial charge in [0, 0.05) is 29.9 Å². The highest BCUT2D eigenvalue weighted by molar-refractivity contribution is 7.13. The van der Waals surface area contributed by atoms with Gasteiger partial charge in [0.25, 0.3) is 5.91 Å². The third-order valence-corrected chi connectivity index (χ3v) is 4.20. The molecule has 6 heteroatoms. The number of carbonyl (C=O) groups is 1. The Kier molecular flexibility index (Phi) is 5.18. The molecule has 2 aromatic heterocycles. The van der Waals surface area contributed by atoms with E-state index >= 15 is 0 Å². The average molecular weight is 339 g/mol. The largest absolute Gasteiger partial charge is 0.494 e. The molecule has 1 aromatic carbocycles. The van der Waals surface area contributed by atoms with Gasteiger partial charge in [0.1, 0.15) is 16.5 Å². The normalized spacial score (nSPS) is 10.4. The molecule has 2 heterocycles. The summed E-state index contributed by atoms with van der Waals surface area (Å²) in [4.78, 5) is 20.7. The van der Waals surface area contributed by atoms with E-state index in [0.29, 0.717) is 18.8 Å². The number of benzene rings is 1. The van der Waals surface area contributed by atoms with Gasteiger partial charge in [0.15, 0.2) is 0 Å². The minimum Gasteiger partial charge on any atom is -0.494 e. The fraction of sp³-hybridized carbons (Fsp3) is 0.167. The monoisotopic (exact) mass is 339 g/mol. The van der Waals surface area contributed by atoms with Crippen LogP contribution in [0.25, 0.3) is 10.6 Å². The van der Waals surface area contributed by atoms with Gasteiger partial charge < -0.3 is 10.1 Å². The Bertz CT molecular complexity index is 818. The molecule has 0 aliphatic carbocycles. The fourth-order valence-corrected chi connectivity index (χ4v) is 2.97. The highest BCUT2D eigenvalue weighted by Gasteiger charge is 2.12. The van der Waals surface area contributed by atoms with Crippen LogP contribution in [-0.4, -0.2) is 22.5 Å². The van der Waals surface area contributed by atoms with Crippen molar-refractivity contribution in [2.45, 2.75) is 13.5 Å². The lowest BCUT2D eigenvalue weighted by Gasteiger charge is -2.04. The number of pyridine rings is 1. The van der Waals surface area contributed by atoms with E-state index in [1.54, 1.807) is 17.8 Å². The number of nitrogens with zero attached hydrogens (tertiary/aromatic N) is 2. The van der Waals surface area contributed by atoms with E-state index in [9.17, 15) is 4.79 Å². The number of aromatic nitrogens is 2. The molecule has 0 aliphatic heterocycles. The zero-order valence-electron chi connectivity index (χ0n) is 13.2. The van der Waals surface area contributed by atoms with Gasteiger partial charge in [-0.2, -0.15) is 0 Å². The van der Waals surface area contributed by atoms with E-state index in [1.165, 1.54) is 11.3 Å². The number of ether oxygens (including phenoxy) is 1. The lowest BCUT2D eigenvalue weighted by molar-refractivity contribution is 0.0946. The summed E-state index contributed by atoms with van der Waals surface area (Å²) in [5.41, 5.74) is 2.31. The Labute approximate surface area is 144 Å². The molecule has 0 unspecified atom stereocenters. The second kappa shape index (κ2) is 7.70. The first kappa shape index (κ1) is 16.1. The van der Waals surface area contributed by atoms with E-state index in [4.69, 9.17) is 4.74 Å². The second-order valence-corrected chi connectivity index (χ2v) is 5.90. The Hall–Kier alpha value is -2.73. The van der Waals surface area contributed by atoms with Crippen LogP contribution in [0.2, 0.25) is 0 Å². The van der Waals surface area contributed by atoms with E-state index in [1.807, 2.05) is 43.3 Å². The predicted octanol–water partition coefficient (Wildman–Crippen LogP) is 3.53. The van der Waals surface area contributed by atoms with Crippen LogP contribution in [-0.2, 0) is 6.54 Å². The van der Waals surface area contributed by atoms with Crippen LogP contribution in [0, 0.1) is 0 Å². The van der Waals surface area contributed by atoms with Crippen molar-refractivity contribution in [1.29, 1.82) is 0 Å². The van der Waals surface area contributed by atoms with Gasteiger partial charge in [0.05, 0.1) is 6.61 Å². The van der Waals surface area contributed by atoms with E-state index in [2.05, 4.69) is 15.3 Å². The lowest BCUT2D eigenvalue weighted by atomic mass is 10.2. The van der Waals surface area contributed by atoms with Gasteiger partial charge in [-0.3, -0.25) is 9.78 Å². The Balaban J connectivity index is 1.68. The molecule has 0 saturated carbocycles. The molecule has 24 heavy (non-hydrogen) atoms. The SMILES string of the molecule is CCOc1cccc(-c2nc(C(=O)NCc3cccnc3)cs2)c1. The van der Waals surface area contributed by atoms with Crippen LogP contribution in [0.15, 0.2) is 54.2 Å². The highest BCUT2D eigenvalue weighted by Crippen LogP contribution is 2.27. The van der Waals surface area contributed by atoms with E-state index < -0.39 is 0 Å². The molecule has 0 saturated heterocycles. The van der Waals surface area contributed by atoms with Crippen molar-refractivity contribution in [2.24, 2.45) is 0 Å². The third kappa shape index (κ3) is 3.97. The Morgan fingerprint density at radius 1 is 1.29 bits per heavy atom. The summed E-state index contributed by atoms with van der Waals surface area (Å²) in [5.74, 6) is 0.607. The number of rotatable bonds is 6. The van der Waals surface area contributed by atoms with Crippen molar-refractivity contribution in [1.82, 2.24) is 15.3 Å². The summed E-state index contributed by atoms with van der Waals surface area (Å²) in [5, 5.41) is 5.41. The number of nitrogens with one attached hydrogen (secondary N) is 1. The topological polar surface area (TPSA) is 64.1 Å². The molecule has 0 spiro atoms. The summed E-state index contributed by atoms with van der Waals surface area (Å²) in [7, 11) is 0. The Morgan fingerprint density at radius 2 is 2.21 bits per heavy atom. The maximum atomic E-state index is 12.2. The first-order valence-corrected chi connectivity index (χ1v) is 8.50. The van der Waals surface area contributed by atoms with Crippen molar-refractivity contribution in [3.63, 3.8) is 0 Å². The maximum Gasteiger partial charge on any atom is 0.271 e. The molecule has 3 aromatic rings. The number of hydrogen-bond acceptors (Lipinski definition) is 5. The molecule has 0 bridgehead atoms. The van der Waals surface area contributed by atoms with Crippen LogP contribution >= 0.6 is 11.3 Å². The van der Waals surface area contributed by atoms with Crippen molar-refractivity contribution in [3.05, 3.63) is 65.4 Å². The van der Waals surface area contributed by atoms with Gasteiger partial charge in [0.2, 0.25) is 0 Å². The van der Waals surface area contributed by atoms with Crippen LogP contribution in [0.3, 0.4) is 0 Å². The third-order valence-electron chi connectivity index (χ3n) is 3.30. The quantitative estimate of drug-likeness (QED) is 0.746. The van der Waals surface area contributed by atoms with E-state index in [0.717, 1.165) is 21.9 Å². The minimum atomic E-state index is -0.192. The van der Waals surface area contributed by atoms with Gasteiger partial charge in [-0.25, -0.2) is 4.98 Å². The summed E-state index contributed by atoms with van der Waals surface area (Å²) >= 11 is 1.44. The molecule has 3 rings (SSSR count). The van der Waals surface area contributed by atoms with Crippen molar-refractivity contribution >= 4 is 17.2 Å². The van der Waals surface area contributed by atoms with Crippen LogP contribution in [0.5, 0.6) is 5.75 Å². The van der Waals surface area contributed by atoms with Gasteiger partial charge in [-0.1, -0.05) is 18.2 Å². The van der Waals surface area contributed by atoms with Crippen molar-refractivity contribution in [3.8, 4) is 16.3 Å². The van der Waals surface area contributed by atoms with Gasteiger partial charge in [-0.15, -0.1) is 11.3 Å². The molecular weight excluding hydrogens is 322 g/mol. The minimum absolute atomic E-state index is 0.192. The number of amides is 1. The van der Waals surface area contributed by atoms with Crippen molar-refractivity contribution in [2.75, 3.05) is 6.61 Å². The Morgan fingerprint density at radius 3 is 3.00 bits per heavy atom. The molecule has 0 atom stereocenters. The lowest BCUT2D eigenvalue weighted by Crippen LogP contribution is -2.23. The second-order valence-electron chi connectivity index (χ2n) is 5.04. The van der Waals surface area contributed by atoms with Gasteiger partial charge in [-0.05, 0) is 30.7 Å². The number of hydrogen-bond donors (Lipinski definition) is 1. The standard InChI is InChI=1S/C18H17N3O2S/c1-2-23-15-7-3-6-14(9-15)18-21-16(12-24-18)17(22)20-11-13-5-4-8-19-10-13/h3-10,12H,2,11H2,1H3,(H,20,22). The molecule has 1 amide bonds. The average Bonchev–Trinajstić information content (AvgIpc) is 3.11.